The van der Waals surface area contributed by atoms with Crippen molar-refractivity contribution in [1.82, 2.24) is 20.3 Å². The highest BCUT2D eigenvalue weighted by atomic mass is 16.5. The number of nitrogens with zero attached hydrogens (tertiary/aromatic N) is 3. The first-order valence-electron chi connectivity index (χ1n) is 11.6. The molecule has 1 amide bonds. The number of amides is 1. The second-order valence-corrected chi connectivity index (χ2v) is 8.53. The van der Waals surface area contributed by atoms with Crippen LogP contribution in [0.15, 0.2) is 48.4 Å². The van der Waals surface area contributed by atoms with Crippen molar-refractivity contribution in [1.29, 1.82) is 0 Å². The van der Waals surface area contributed by atoms with E-state index >= 15 is 0 Å². The lowest BCUT2D eigenvalue weighted by Gasteiger charge is -2.14. The van der Waals surface area contributed by atoms with Crippen LogP contribution in [0.2, 0.25) is 0 Å². The molecule has 5 rings (SSSR count). The zero-order valence-corrected chi connectivity index (χ0v) is 20.1. The molecule has 1 fully saturated rings. The molecule has 0 spiro atoms. The first-order valence-corrected chi connectivity index (χ1v) is 11.6. The van der Waals surface area contributed by atoms with Crippen LogP contribution < -0.4 is 20.7 Å². The van der Waals surface area contributed by atoms with Gasteiger partial charge in [0.15, 0.2) is 0 Å². The van der Waals surface area contributed by atoms with Gasteiger partial charge in [0.05, 0.1) is 11.8 Å². The number of hydrogen-bond acceptors (Lipinski definition) is 8. The minimum atomic E-state index is -0.250. The minimum Gasteiger partial charge on any atom is -0.483 e. The number of carbonyl (C=O) groups is 2. The Morgan fingerprint density at radius 3 is 2.67 bits per heavy atom. The van der Waals surface area contributed by atoms with E-state index in [1.165, 1.54) is 6.33 Å². The number of benzene rings is 1. The highest BCUT2D eigenvalue weighted by Crippen LogP contribution is 2.32. The molecule has 0 saturated heterocycles. The fourth-order valence-electron chi connectivity index (χ4n) is 3.64. The highest BCUT2D eigenvalue weighted by Gasteiger charge is 2.26. The normalized spacial score (nSPS) is 14.0. The predicted octanol–water partition coefficient (Wildman–Crippen LogP) is 4.20. The molecule has 0 bridgehead atoms. The van der Waals surface area contributed by atoms with Gasteiger partial charge in [0, 0.05) is 29.5 Å². The van der Waals surface area contributed by atoms with Crippen LogP contribution in [0.5, 0.6) is 11.5 Å². The van der Waals surface area contributed by atoms with E-state index in [0.717, 1.165) is 46.7 Å². The van der Waals surface area contributed by atoms with E-state index in [-0.39, 0.29) is 12.4 Å². The number of carboxylic acid groups (broad SMARTS) is 1. The number of aromatic nitrogens is 3. The second-order valence-electron chi connectivity index (χ2n) is 8.53. The van der Waals surface area contributed by atoms with Crippen molar-refractivity contribution in [2.45, 2.75) is 39.2 Å². The summed E-state index contributed by atoms with van der Waals surface area (Å²) in [7, 11) is 0. The monoisotopic (exact) mass is 488 g/mol. The summed E-state index contributed by atoms with van der Waals surface area (Å²) in [6, 6.07) is 9.99. The van der Waals surface area contributed by atoms with Gasteiger partial charge in [-0.1, -0.05) is 0 Å². The van der Waals surface area contributed by atoms with Crippen molar-refractivity contribution < 1.29 is 19.4 Å². The molecule has 1 aromatic carbocycles. The van der Waals surface area contributed by atoms with Crippen molar-refractivity contribution in [2.24, 2.45) is 0 Å². The Labute approximate surface area is 208 Å². The standard InChI is InChI=1S/C25H26N6O2.CH2O2/c1-15-11-19(6-8-22(15)33-20-7-3-16(2)27-13-20)30-24-21-12-17(25(32)31-18-4-5-18)9-10-26-23(21)28-14-29-24;2-1-3/h3,6-8,11-14,18H,4-5,9-10H2,1-2H3,(H,31,32)(H2,26,28,29,30);1H,(H,2,3). The van der Waals surface area contributed by atoms with Crippen molar-refractivity contribution in [2.75, 3.05) is 17.2 Å². The van der Waals surface area contributed by atoms with Crippen LogP contribution in [0.25, 0.3) is 6.08 Å². The maximum absolute atomic E-state index is 12.6. The Balaban J connectivity index is 0.000000967. The molecule has 0 atom stereocenters. The topological polar surface area (TPSA) is 138 Å². The second kappa shape index (κ2) is 11.3. The highest BCUT2D eigenvalue weighted by molar-refractivity contribution is 6.00. The molecule has 0 radical (unpaired) electrons. The molecule has 1 aliphatic heterocycles. The first kappa shape index (κ1) is 24.6. The van der Waals surface area contributed by atoms with E-state index in [2.05, 4.69) is 30.9 Å². The molecule has 2 aromatic heterocycles. The van der Waals surface area contributed by atoms with Gasteiger partial charge in [0.25, 0.3) is 6.47 Å². The summed E-state index contributed by atoms with van der Waals surface area (Å²) in [5, 5.41) is 16.6. The molecule has 4 N–H and O–H groups in total. The number of rotatable bonds is 6. The number of anilines is 3. The molecule has 3 aromatic rings. The summed E-state index contributed by atoms with van der Waals surface area (Å²) in [5.41, 5.74) is 4.29. The smallest absolute Gasteiger partial charge is 0.290 e. The molecule has 186 valence electrons. The Hall–Kier alpha value is -4.47. The lowest BCUT2D eigenvalue weighted by Crippen LogP contribution is -2.27. The van der Waals surface area contributed by atoms with Crippen molar-refractivity contribution in [3.05, 3.63) is 65.2 Å². The van der Waals surface area contributed by atoms with Crippen molar-refractivity contribution >= 4 is 35.8 Å². The molecule has 0 unspecified atom stereocenters. The van der Waals surface area contributed by atoms with Gasteiger partial charge in [-0.15, -0.1) is 0 Å². The van der Waals surface area contributed by atoms with Crippen LogP contribution in [-0.4, -0.2) is 45.0 Å². The number of ether oxygens (including phenoxy) is 1. The molecule has 3 heterocycles. The number of pyridine rings is 1. The molecular formula is C26H28N6O4. The molecule has 10 heteroatoms. The maximum Gasteiger partial charge on any atom is 0.290 e. The zero-order valence-electron chi connectivity index (χ0n) is 20.1. The van der Waals surface area contributed by atoms with Gasteiger partial charge >= 0.3 is 0 Å². The Morgan fingerprint density at radius 1 is 1.17 bits per heavy atom. The first-order chi connectivity index (χ1) is 17.5. The van der Waals surface area contributed by atoms with Crippen LogP contribution >= 0.6 is 0 Å². The number of aryl methyl sites for hydroxylation is 2. The third-order valence-corrected chi connectivity index (χ3v) is 5.64. The van der Waals surface area contributed by atoms with Crippen molar-refractivity contribution in [3.63, 3.8) is 0 Å². The average molecular weight is 489 g/mol. The maximum atomic E-state index is 12.6. The summed E-state index contributed by atoms with van der Waals surface area (Å²) < 4.78 is 5.97. The van der Waals surface area contributed by atoms with Crippen LogP contribution in [-0.2, 0) is 9.59 Å². The predicted molar refractivity (Wildman–Crippen MR) is 136 cm³/mol. The van der Waals surface area contributed by atoms with E-state index in [4.69, 9.17) is 14.6 Å². The van der Waals surface area contributed by atoms with E-state index in [1.54, 1.807) is 6.20 Å². The van der Waals surface area contributed by atoms with Gasteiger partial charge in [0.2, 0.25) is 5.91 Å². The number of nitrogens with one attached hydrogen (secondary N) is 3. The summed E-state index contributed by atoms with van der Waals surface area (Å²) in [6.07, 6.45) is 7.88. The van der Waals surface area contributed by atoms with Gasteiger partial charge in [-0.05, 0) is 75.1 Å². The molecule has 1 aliphatic carbocycles. The molecular weight excluding hydrogens is 460 g/mol. The fourth-order valence-corrected chi connectivity index (χ4v) is 3.64. The Morgan fingerprint density at radius 2 is 1.97 bits per heavy atom. The lowest BCUT2D eigenvalue weighted by molar-refractivity contribution is -0.123. The molecule has 36 heavy (non-hydrogen) atoms. The van der Waals surface area contributed by atoms with Gasteiger partial charge in [-0.3, -0.25) is 14.6 Å². The Bertz CT molecular complexity index is 1270. The number of fused-ring (bicyclic) bond motifs is 1. The summed E-state index contributed by atoms with van der Waals surface area (Å²) in [4.78, 5) is 34.1. The van der Waals surface area contributed by atoms with Crippen molar-refractivity contribution in [3.8, 4) is 11.5 Å². The van der Waals surface area contributed by atoms with E-state index in [9.17, 15) is 4.79 Å². The Kier molecular flexibility index (Phi) is 7.74. The molecule has 10 nitrogen and oxygen atoms in total. The number of carbonyl (C=O) groups excluding carboxylic acids is 1. The van der Waals surface area contributed by atoms with Gasteiger partial charge in [-0.2, -0.15) is 0 Å². The van der Waals surface area contributed by atoms with Crippen LogP contribution in [0, 0.1) is 13.8 Å². The van der Waals surface area contributed by atoms with E-state index < -0.39 is 0 Å². The van der Waals surface area contributed by atoms with E-state index in [1.807, 2.05) is 50.3 Å². The lowest BCUT2D eigenvalue weighted by atomic mass is 10.1. The van der Waals surface area contributed by atoms with Gasteiger partial charge in [0.1, 0.15) is 29.5 Å². The summed E-state index contributed by atoms with van der Waals surface area (Å²) >= 11 is 0. The SMILES string of the molecule is Cc1ccc(Oc2ccc(Nc3ncnc4c3C=C(C(=O)NC3CC3)CCN4)cc2C)cn1.O=CO. The summed E-state index contributed by atoms with van der Waals surface area (Å²) in [5.74, 6) is 2.80. The third kappa shape index (κ3) is 6.35. The average Bonchev–Trinajstić information content (AvgIpc) is 3.69. The molecule has 2 aliphatic rings. The minimum absolute atomic E-state index is 0.00936. The molecule has 1 saturated carbocycles. The largest absolute Gasteiger partial charge is 0.483 e. The quantitative estimate of drug-likeness (QED) is 0.376. The van der Waals surface area contributed by atoms with E-state index in [0.29, 0.717) is 36.4 Å². The van der Waals surface area contributed by atoms with Crippen LogP contribution in [0.4, 0.5) is 17.3 Å². The number of hydrogen-bond donors (Lipinski definition) is 4. The summed E-state index contributed by atoms with van der Waals surface area (Å²) in [6.45, 7) is 4.33. The fraction of sp³-hybridized carbons (Fsp3) is 0.269. The van der Waals surface area contributed by atoms with Crippen LogP contribution in [0.1, 0.15) is 36.1 Å². The third-order valence-electron chi connectivity index (χ3n) is 5.64. The van der Waals surface area contributed by atoms with Crippen LogP contribution in [0.3, 0.4) is 0 Å². The van der Waals surface area contributed by atoms with Gasteiger partial charge in [-0.25, -0.2) is 9.97 Å². The zero-order chi connectivity index (χ0) is 25.5. The van der Waals surface area contributed by atoms with Gasteiger partial charge < -0.3 is 25.8 Å².